The molecule has 0 amide bonds. The number of rotatable bonds is 9. The maximum atomic E-state index is 8.70. The molecule has 75 heavy (non-hydrogen) atoms. The summed E-state index contributed by atoms with van der Waals surface area (Å²) in [6.07, 6.45) is 4.72. The average Bonchev–Trinajstić information content (AvgIpc) is 4.09. The average molecular weight is 1160 g/mol. The number of ether oxygens (including phenoxy) is 1. The molecule has 0 radical (unpaired) electrons. The number of aryl methyl sites for hydroxylation is 2. The Morgan fingerprint density at radius 2 is 1.13 bits per heavy atom. The number of pyridine rings is 1. The molecule has 0 spiro atoms. The van der Waals surface area contributed by atoms with Crippen molar-refractivity contribution in [1.29, 1.82) is 0 Å². The third-order valence-electron chi connectivity index (χ3n) is 15.1. The van der Waals surface area contributed by atoms with Gasteiger partial charge in [0.15, 0.2) is 0 Å². The van der Waals surface area contributed by atoms with Gasteiger partial charge in [0.2, 0.25) is 0 Å². The molecule has 0 saturated heterocycles. The van der Waals surface area contributed by atoms with Gasteiger partial charge >= 0.3 is 321 Å². The molecule has 0 N–H and O–H groups in total. The smallest absolute Gasteiger partial charge is 0.0374 e. The summed E-state index contributed by atoms with van der Waals surface area (Å²) >= 11 is 2.59. The minimum absolute atomic E-state index is 0.0336. The van der Waals surface area contributed by atoms with Gasteiger partial charge in [0.1, 0.15) is 0 Å². The van der Waals surface area contributed by atoms with Crippen molar-refractivity contribution in [1.82, 2.24) is 18.7 Å². The third-order valence-corrected chi connectivity index (χ3v) is 16.2. The molecule has 1 unspecified atom stereocenters. The van der Waals surface area contributed by atoms with Gasteiger partial charge in [-0.05, 0) is 47.3 Å². The topological polar surface area (TPSA) is 36.9 Å². The maximum Gasteiger partial charge on any atom is 0.0374 e. The second-order valence-electron chi connectivity index (χ2n) is 20.8. The Labute approximate surface area is 453 Å². The van der Waals surface area contributed by atoms with Crippen molar-refractivity contribution in [3.63, 3.8) is 0 Å². The second kappa shape index (κ2) is 19.0. The summed E-state index contributed by atoms with van der Waals surface area (Å²) in [5, 5.41) is 2.04. The minimum Gasteiger partial charge on any atom is -0.238 e. The molecule has 3 aromatic heterocycles. The first-order chi connectivity index (χ1) is 37.9. The van der Waals surface area contributed by atoms with E-state index in [1.807, 2.05) is 42.5 Å². The summed E-state index contributed by atoms with van der Waals surface area (Å²) in [4.78, 5) is 5.02. The van der Waals surface area contributed by atoms with Crippen molar-refractivity contribution in [3.8, 4) is 67.5 Å². The number of aromatic nitrogens is 4. The Hall–Kier alpha value is -8.11. The molecule has 0 fully saturated rings. The molecule has 1 aliphatic rings. The van der Waals surface area contributed by atoms with Crippen LogP contribution in [0.15, 0.2) is 225 Å². The minimum atomic E-state index is -2.39. The molecule has 0 bridgehead atoms. The van der Waals surface area contributed by atoms with Crippen molar-refractivity contribution in [2.24, 2.45) is 0 Å². The molecule has 0 saturated carbocycles. The standard InChI is InChI=1S/C69H56N4O.Pt/c1-46-38-67(70-44-61(46)50-26-15-8-16-27-50)73-63-37-33-52(47-20-9-5-10-21-47)39-60(63)56-36-35-55(43-66(56)73)74-54-34-32-51-28-19-31-62(57(51)42-54)71-45-72(65-30-18-17-29-64(65)71)68-58(48-22-11-6-12-23-48)40-53(69(2,3)4)41-59(68)49-24-13-7-14-25-49;/h5-18,20-27,29-30,32-44,62H,19,28,31H2,1-4H3;/i1D3;. The molecular weight excluding hydrogens is 1100 g/mol. The summed E-state index contributed by atoms with van der Waals surface area (Å²) < 4.78 is 41.4. The Morgan fingerprint density at radius 3 is 1.79 bits per heavy atom. The number of fused-ring (bicyclic) bond motifs is 5. The SMILES string of the molecule is [2H]C([2H])([2H])c1cc(-n2c3ccc(-c4ccccc4)cc3c3ccc(Oc4ccc5c(c4)C(n4[c](=[Pt])n(-c6c(-c7ccccc7)cc(C(C)(C)C)cc6-c6ccccc6)c6ccccc64)CCC5)cc32)ncc1-c1ccccc1. The number of benzene rings is 9. The number of nitrogens with zero attached hydrogens (tertiary/aromatic N) is 4. The van der Waals surface area contributed by atoms with Crippen LogP contribution in [0.1, 0.15) is 66.0 Å². The Bertz CT molecular complexity index is 4250. The van der Waals surface area contributed by atoms with E-state index < -0.39 is 6.85 Å². The van der Waals surface area contributed by atoms with Gasteiger partial charge in [-0.1, -0.05) is 66.7 Å². The number of hydrogen-bond acceptors (Lipinski definition) is 2. The zero-order valence-corrected chi connectivity index (χ0v) is 44.3. The van der Waals surface area contributed by atoms with Crippen LogP contribution in [-0.2, 0) is 31.2 Å². The van der Waals surface area contributed by atoms with E-state index in [0.717, 1.165) is 78.5 Å². The van der Waals surface area contributed by atoms with Gasteiger partial charge in [0.25, 0.3) is 0 Å². The number of imidazole rings is 1. The monoisotopic (exact) mass is 1150 g/mol. The largest absolute Gasteiger partial charge is 0.238 e. The van der Waals surface area contributed by atoms with E-state index >= 15 is 0 Å². The van der Waals surface area contributed by atoms with E-state index in [4.69, 9.17) is 13.8 Å². The van der Waals surface area contributed by atoms with Crippen LogP contribution in [-0.4, -0.2) is 18.7 Å². The van der Waals surface area contributed by atoms with E-state index in [-0.39, 0.29) is 17.0 Å². The maximum absolute atomic E-state index is 8.70. The quantitative estimate of drug-likeness (QED) is 0.144. The van der Waals surface area contributed by atoms with Crippen LogP contribution >= 0.6 is 0 Å². The van der Waals surface area contributed by atoms with Crippen LogP contribution in [0.4, 0.5) is 0 Å². The van der Waals surface area contributed by atoms with Gasteiger partial charge in [-0.2, -0.15) is 0 Å². The number of para-hydroxylation sites is 2. The number of hydrogen-bond donors (Lipinski definition) is 0. The molecule has 368 valence electrons. The first kappa shape index (κ1) is 43.3. The fourth-order valence-electron chi connectivity index (χ4n) is 11.4. The Balaban J connectivity index is 0.947. The van der Waals surface area contributed by atoms with Gasteiger partial charge < -0.3 is 0 Å². The van der Waals surface area contributed by atoms with E-state index in [2.05, 4.69) is 224 Å². The molecule has 5 nitrogen and oxygen atoms in total. The van der Waals surface area contributed by atoms with E-state index in [0.29, 0.717) is 17.1 Å². The predicted molar refractivity (Wildman–Crippen MR) is 306 cm³/mol. The third kappa shape index (κ3) is 8.40. The molecular formula is C69H56N4OPt. The first-order valence-corrected chi connectivity index (χ1v) is 27.0. The van der Waals surface area contributed by atoms with Crippen LogP contribution in [0.2, 0.25) is 0 Å². The molecule has 1 atom stereocenters. The zero-order valence-electron chi connectivity index (χ0n) is 45.1. The first-order valence-electron chi connectivity index (χ1n) is 27.4. The van der Waals surface area contributed by atoms with Crippen LogP contribution in [0, 0.1) is 10.7 Å². The molecule has 3 heterocycles. The fourth-order valence-corrected chi connectivity index (χ4v) is 12.5. The summed E-state index contributed by atoms with van der Waals surface area (Å²) in [6.45, 7) is 4.51. The summed E-state index contributed by atoms with van der Waals surface area (Å²) in [6, 6.07) is 76.5. The van der Waals surface area contributed by atoms with Crippen molar-refractivity contribution in [2.75, 3.05) is 0 Å². The van der Waals surface area contributed by atoms with Crippen molar-refractivity contribution >= 4 is 32.8 Å². The second-order valence-corrected chi connectivity index (χ2v) is 21.8. The van der Waals surface area contributed by atoms with Crippen LogP contribution < -0.4 is 4.74 Å². The van der Waals surface area contributed by atoms with Gasteiger partial charge in [0, 0.05) is 15.9 Å². The molecule has 6 heteroatoms. The van der Waals surface area contributed by atoms with Crippen LogP contribution in [0.25, 0.3) is 88.9 Å². The van der Waals surface area contributed by atoms with E-state index in [1.54, 1.807) is 12.3 Å². The molecule has 12 aromatic rings. The summed E-state index contributed by atoms with van der Waals surface area (Å²) in [5.41, 5.74) is 17.6. The predicted octanol–water partition coefficient (Wildman–Crippen LogP) is 18.0. The van der Waals surface area contributed by atoms with Gasteiger partial charge in [-0.3, -0.25) is 0 Å². The summed E-state index contributed by atoms with van der Waals surface area (Å²) in [7, 11) is 0. The van der Waals surface area contributed by atoms with Crippen LogP contribution in [0.3, 0.4) is 0 Å². The van der Waals surface area contributed by atoms with E-state index in [9.17, 15) is 0 Å². The Kier molecular flexibility index (Phi) is 11.0. The van der Waals surface area contributed by atoms with Gasteiger partial charge in [-0.25, -0.2) is 4.98 Å². The van der Waals surface area contributed by atoms with Crippen molar-refractivity contribution < 1.29 is 28.2 Å². The van der Waals surface area contributed by atoms with Crippen molar-refractivity contribution in [2.45, 2.75) is 58.3 Å². The zero-order chi connectivity index (χ0) is 53.3. The van der Waals surface area contributed by atoms with Gasteiger partial charge in [-0.15, -0.1) is 0 Å². The van der Waals surface area contributed by atoms with Crippen LogP contribution in [0.5, 0.6) is 11.5 Å². The molecule has 1 aliphatic carbocycles. The van der Waals surface area contributed by atoms with Crippen molar-refractivity contribution in [3.05, 3.63) is 251 Å². The molecule has 13 rings (SSSR count). The Morgan fingerprint density at radius 1 is 0.533 bits per heavy atom. The molecule has 0 aliphatic heterocycles. The van der Waals surface area contributed by atoms with E-state index in [1.165, 1.54) is 44.5 Å². The normalized spacial score (nSPS) is 14.4. The molecule has 9 aromatic carbocycles. The fraction of sp³-hybridized carbons (Fsp3) is 0.130. The summed E-state index contributed by atoms with van der Waals surface area (Å²) in [5.74, 6) is 1.93. The van der Waals surface area contributed by atoms with Gasteiger partial charge in [0.05, 0.1) is 0 Å².